The maximum Gasteiger partial charge on any atom is 0.253 e. The third-order valence-corrected chi connectivity index (χ3v) is 6.44. The van der Waals surface area contributed by atoms with Gasteiger partial charge in [-0.05, 0) is 48.9 Å². The number of H-pyrrole nitrogens is 1. The van der Waals surface area contributed by atoms with E-state index in [4.69, 9.17) is 19.2 Å². The number of aromatic amines is 1. The normalized spacial score (nSPS) is 10.7. The third kappa shape index (κ3) is 4.86. The van der Waals surface area contributed by atoms with E-state index in [1.165, 1.54) is 0 Å². The first-order valence-corrected chi connectivity index (χ1v) is 12.3. The van der Waals surface area contributed by atoms with Crippen molar-refractivity contribution in [3.05, 3.63) is 83.3 Å². The van der Waals surface area contributed by atoms with Gasteiger partial charge in [-0.15, -0.1) is 0 Å². The van der Waals surface area contributed by atoms with E-state index >= 15 is 0 Å². The number of fused-ring (bicyclic) bond motifs is 1. The number of pyridine rings is 1. The molecular formula is C29H27N7O4. The van der Waals surface area contributed by atoms with Gasteiger partial charge in [0.2, 0.25) is 5.75 Å². The zero-order chi connectivity index (χ0) is 28.2. The van der Waals surface area contributed by atoms with E-state index in [-0.39, 0.29) is 5.91 Å². The first-order valence-electron chi connectivity index (χ1n) is 12.3. The highest BCUT2D eigenvalue weighted by molar-refractivity contribution is 5.95. The second kappa shape index (κ2) is 11.1. The molecule has 5 aromatic rings. The number of imidazole rings is 1. The molecule has 3 heterocycles. The van der Waals surface area contributed by atoms with Crippen LogP contribution >= 0.6 is 0 Å². The summed E-state index contributed by atoms with van der Waals surface area (Å²) in [6, 6.07) is 16.9. The molecule has 0 fully saturated rings. The molecule has 0 saturated carbocycles. The van der Waals surface area contributed by atoms with Gasteiger partial charge in [-0.3, -0.25) is 14.9 Å². The van der Waals surface area contributed by atoms with Crippen LogP contribution in [0.1, 0.15) is 27.2 Å². The molecule has 2 aromatic carbocycles. The van der Waals surface area contributed by atoms with Crippen molar-refractivity contribution in [1.82, 2.24) is 24.9 Å². The van der Waals surface area contributed by atoms with Crippen molar-refractivity contribution in [3.8, 4) is 34.6 Å². The molecule has 202 valence electrons. The Balaban J connectivity index is 1.44. The number of ether oxygens (including phenoxy) is 3. The van der Waals surface area contributed by atoms with E-state index in [1.807, 2.05) is 24.3 Å². The molecule has 0 aliphatic heterocycles. The summed E-state index contributed by atoms with van der Waals surface area (Å²) in [5.74, 6) is 1.86. The molecule has 0 bridgehead atoms. The minimum Gasteiger partial charge on any atom is -0.493 e. The summed E-state index contributed by atoms with van der Waals surface area (Å²) in [7, 11) is 4.64. The van der Waals surface area contributed by atoms with Crippen molar-refractivity contribution >= 4 is 23.1 Å². The molecule has 0 atom stereocenters. The number of nitriles is 1. The standard InChI is InChI=1S/C29H27N7O4/c1-17-22(6-5-11-31-17)29(37)32-15-18-7-9-21(10-8-18)34-28-25(35-27-20(14-30)16-33-36(27)28)19-12-23(38-2)26(40-4)24(13-19)39-3/h5-13,16,33-34H,15H2,1-4H3,(H,32,37). The molecule has 0 saturated heterocycles. The van der Waals surface area contributed by atoms with Gasteiger partial charge in [0, 0.05) is 35.9 Å². The van der Waals surface area contributed by atoms with Gasteiger partial charge in [-0.25, -0.2) is 9.50 Å². The SMILES string of the molecule is COc1cc(-c2nc3c(C#N)c[nH]n3c2Nc2ccc(CNC(=O)c3cccnc3C)cc2)cc(OC)c1OC. The van der Waals surface area contributed by atoms with Gasteiger partial charge < -0.3 is 24.8 Å². The average Bonchev–Trinajstić information content (AvgIpc) is 3.55. The molecule has 0 unspecified atom stereocenters. The summed E-state index contributed by atoms with van der Waals surface area (Å²) < 4.78 is 18.2. The lowest BCUT2D eigenvalue weighted by molar-refractivity contribution is 0.0950. The number of benzene rings is 2. The van der Waals surface area contributed by atoms with Crippen molar-refractivity contribution in [2.45, 2.75) is 13.5 Å². The van der Waals surface area contributed by atoms with Crippen molar-refractivity contribution in [3.63, 3.8) is 0 Å². The predicted molar refractivity (Wildman–Crippen MR) is 149 cm³/mol. The molecule has 40 heavy (non-hydrogen) atoms. The second-order valence-corrected chi connectivity index (χ2v) is 8.82. The van der Waals surface area contributed by atoms with Gasteiger partial charge in [0.25, 0.3) is 5.91 Å². The van der Waals surface area contributed by atoms with Gasteiger partial charge >= 0.3 is 0 Å². The quantitative estimate of drug-likeness (QED) is 0.248. The van der Waals surface area contributed by atoms with E-state index in [2.05, 4.69) is 26.8 Å². The van der Waals surface area contributed by atoms with Crippen molar-refractivity contribution in [1.29, 1.82) is 5.26 Å². The Hall–Kier alpha value is -5.50. The number of carbonyl (C=O) groups excluding carboxylic acids is 1. The fraction of sp³-hybridized carbons (Fsp3) is 0.172. The lowest BCUT2D eigenvalue weighted by atomic mass is 10.1. The van der Waals surface area contributed by atoms with Crippen LogP contribution in [0.25, 0.3) is 16.9 Å². The lowest BCUT2D eigenvalue weighted by Gasteiger charge is -2.14. The summed E-state index contributed by atoms with van der Waals surface area (Å²) in [6.07, 6.45) is 3.26. The maximum atomic E-state index is 12.5. The number of hydrogen-bond donors (Lipinski definition) is 3. The Kier molecular flexibility index (Phi) is 7.24. The number of methoxy groups -OCH3 is 3. The Bertz CT molecular complexity index is 1710. The number of rotatable bonds is 9. The van der Waals surface area contributed by atoms with Crippen LogP contribution in [-0.4, -0.2) is 46.8 Å². The zero-order valence-corrected chi connectivity index (χ0v) is 22.4. The summed E-state index contributed by atoms with van der Waals surface area (Å²) in [4.78, 5) is 21.5. The minimum absolute atomic E-state index is 0.176. The zero-order valence-electron chi connectivity index (χ0n) is 22.4. The van der Waals surface area contributed by atoms with Crippen LogP contribution in [-0.2, 0) is 6.54 Å². The van der Waals surface area contributed by atoms with Crippen molar-refractivity contribution in [2.24, 2.45) is 0 Å². The molecule has 5 rings (SSSR count). The van der Waals surface area contributed by atoms with Crippen LogP contribution in [0.3, 0.4) is 0 Å². The topological polar surface area (TPSA) is 139 Å². The van der Waals surface area contributed by atoms with Crippen molar-refractivity contribution < 1.29 is 19.0 Å². The van der Waals surface area contributed by atoms with E-state index in [0.717, 1.165) is 11.3 Å². The number of anilines is 2. The average molecular weight is 538 g/mol. The Morgan fingerprint density at radius 2 is 1.80 bits per heavy atom. The summed E-state index contributed by atoms with van der Waals surface area (Å²) in [6.45, 7) is 2.17. The molecule has 0 aliphatic carbocycles. The van der Waals surface area contributed by atoms with E-state index in [9.17, 15) is 10.1 Å². The lowest BCUT2D eigenvalue weighted by Crippen LogP contribution is -2.23. The van der Waals surface area contributed by atoms with Crippen LogP contribution in [0.2, 0.25) is 0 Å². The van der Waals surface area contributed by atoms with Gasteiger partial charge in [-0.1, -0.05) is 12.1 Å². The van der Waals surface area contributed by atoms with Crippen LogP contribution in [0.4, 0.5) is 11.5 Å². The molecule has 11 heteroatoms. The number of aryl methyl sites for hydroxylation is 1. The fourth-order valence-corrected chi connectivity index (χ4v) is 4.38. The van der Waals surface area contributed by atoms with Crippen LogP contribution in [0.15, 0.2) is 60.9 Å². The first-order chi connectivity index (χ1) is 19.5. The number of aromatic nitrogens is 4. The maximum absolute atomic E-state index is 12.5. The Morgan fingerprint density at radius 3 is 2.42 bits per heavy atom. The number of nitrogens with one attached hydrogen (secondary N) is 3. The van der Waals surface area contributed by atoms with E-state index < -0.39 is 0 Å². The number of amides is 1. The minimum atomic E-state index is -0.176. The van der Waals surface area contributed by atoms with Gasteiger partial charge in [0.15, 0.2) is 23.0 Å². The smallest absolute Gasteiger partial charge is 0.253 e. The van der Waals surface area contributed by atoms with Crippen molar-refractivity contribution in [2.75, 3.05) is 26.6 Å². The predicted octanol–water partition coefficient (Wildman–Crippen LogP) is 4.60. The number of hydrogen-bond acceptors (Lipinski definition) is 8. The number of nitrogens with zero attached hydrogens (tertiary/aromatic N) is 4. The van der Waals surface area contributed by atoms with Crippen LogP contribution < -0.4 is 24.8 Å². The molecule has 0 radical (unpaired) electrons. The third-order valence-electron chi connectivity index (χ3n) is 6.44. The fourth-order valence-electron chi connectivity index (χ4n) is 4.38. The summed E-state index contributed by atoms with van der Waals surface area (Å²) >= 11 is 0. The highest BCUT2D eigenvalue weighted by atomic mass is 16.5. The molecule has 1 amide bonds. The first kappa shape index (κ1) is 26.1. The molecule has 11 nitrogen and oxygen atoms in total. The van der Waals surface area contributed by atoms with Gasteiger partial charge in [-0.2, -0.15) is 5.26 Å². The Labute approximate surface area is 230 Å². The van der Waals surface area contributed by atoms with Gasteiger partial charge in [0.1, 0.15) is 17.3 Å². The Morgan fingerprint density at radius 1 is 1.07 bits per heavy atom. The van der Waals surface area contributed by atoms with E-state index in [0.29, 0.717) is 63.3 Å². The van der Waals surface area contributed by atoms with Crippen LogP contribution in [0, 0.1) is 18.3 Å². The van der Waals surface area contributed by atoms with Gasteiger partial charge in [0.05, 0.1) is 26.9 Å². The highest BCUT2D eigenvalue weighted by Gasteiger charge is 2.22. The molecule has 3 N–H and O–H groups in total. The molecule has 3 aromatic heterocycles. The molecule has 0 spiro atoms. The highest BCUT2D eigenvalue weighted by Crippen LogP contribution is 2.43. The molecular weight excluding hydrogens is 510 g/mol. The summed E-state index contributed by atoms with van der Waals surface area (Å²) in [5, 5.41) is 19.0. The molecule has 0 aliphatic rings. The summed E-state index contributed by atoms with van der Waals surface area (Å²) in [5.41, 5.74) is 5.08. The largest absolute Gasteiger partial charge is 0.493 e. The van der Waals surface area contributed by atoms with Crippen LogP contribution in [0.5, 0.6) is 17.2 Å². The van der Waals surface area contributed by atoms with E-state index in [1.54, 1.807) is 69.4 Å². The number of carbonyl (C=O) groups is 1. The second-order valence-electron chi connectivity index (χ2n) is 8.82. The monoisotopic (exact) mass is 537 g/mol.